The fourth-order valence-corrected chi connectivity index (χ4v) is 3.88. The molecule has 0 N–H and O–H groups in total. The van der Waals surface area contributed by atoms with Gasteiger partial charge in [0, 0.05) is 22.6 Å². The van der Waals surface area contributed by atoms with Crippen LogP contribution in [0.5, 0.6) is 0 Å². The van der Waals surface area contributed by atoms with Crippen LogP contribution < -0.4 is 0 Å². The Bertz CT molecular complexity index is 1090. The lowest BCUT2D eigenvalue weighted by Gasteiger charge is -2.22. The van der Waals surface area contributed by atoms with E-state index in [0.29, 0.717) is 5.92 Å². The molecular weight excluding hydrogens is 336 g/mol. The molecule has 0 nitrogen and oxygen atoms in total. The van der Waals surface area contributed by atoms with Gasteiger partial charge in [0.05, 0.1) is 0 Å². The van der Waals surface area contributed by atoms with Crippen LogP contribution in [0.2, 0.25) is 0 Å². The minimum Gasteiger partial charge on any atom is -0.0945 e. The number of fused-ring (bicyclic) bond motifs is 1. The van der Waals surface area contributed by atoms with E-state index in [2.05, 4.69) is 98.2 Å². The highest BCUT2D eigenvalue weighted by atomic mass is 14.2. The van der Waals surface area contributed by atoms with Gasteiger partial charge in [0.1, 0.15) is 0 Å². The van der Waals surface area contributed by atoms with Crippen LogP contribution >= 0.6 is 0 Å². The third-order valence-electron chi connectivity index (χ3n) is 5.74. The summed E-state index contributed by atoms with van der Waals surface area (Å²) in [6.45, 7) is 4.45. The van der Waals surface area contributed by atoms with Crippen LogP contribution in [0.3, 0.4) is 0 Å². The highest BCUT2D eigenvalue weighted by Gasteiger charge is 2.16. The van der Waals surface area contributed by atoms with E-state index in [9.17, 15) is 0 Å². The van der Waals surface area contributed by atoms with Crippen molar-refractivity contribution < 1.29 is 0 Å². The summed E-state index contributed by atoms with van der Waals surface area (Å²) in [6, 6.07) is 21.1. The quantitative estimate of drug-likeness (QED) is 0.389. The van der Waals surface area contributed by atoms with Gasteiger partial charge < -0.3 is 0 Å². The van der Waals surface area contributed by atoms with Crippen molar-refractivity contribution >= 4 is 10.8 Å². The molecule has 138 valence electrons. The summed E-state index contributed by atoms with van der Waals surface area (Å²) in [5, 5.41) is 2.39. The summed E-state index contributed by atoms with van der Waals surface area (Å²) in [5.74, 6) is 15.1. The van der Waals surface area contributed by atoms with E-state index in [0.717, 1.165) is 22.6 Å². The van der Waals surface area contributed by atoms with Crippen molar-refractivity contribution in [1.29, 1.82) is 0 Å². The molecule has 3 aromatic rings. The minimum atomic E-state index is 0.552. The maximum atomic E-state index is 3.55. The van der Waals surface area contributed by atoms with E-state index in [1.165, 1.54) is 42.0 Å². The summed E-state index contributed by atoms with van der Waals surface area (Å²) in [6.07, 6.45) is 5.11. The lowest BCUT2D eigenvalue weighted by molar-refractivity contribution is 0.337. The minimum absolute atomic E-state index is 0.552. The van der Waals surface area contributed by atoms with Crippen LogP contribution in [0, 0.1) is 42.4 Å². The molecular formula is C28H26. The molecule has 0 radical (unpaired) electrons. The van der Waals surface area contributed by atoms with Crippen molar-refractivity contribution in [3.63, 3.8) is 0 Å². The van der Waals surface area contributed by atoms with Gasteiger partial charge >= 0.3 is 0 Å². The maximum Gasteiger partial charge on any atom is 0.0328 e. The first kappa shape index (κ1) is 18.4. The van der Waals surface area contributed by atoms with E-state index in [4.69, 9.17) is 0 Å². The molecule has 0 spiro atoms. The second kappa shape index (κ2) is 8.37. The van der Waals surface area contributed by atoms with Crippen LogP contribution in [0.25, 0.3) is 10.8 Å². The summed E-state index contributed by atoms with van der Waals surface area (Å²) < 4.78 is 0. The molecule has 0 bridgehead atoms. The lowest BCUT2D eigenvalue weighted by atomic mass is 9.83. The molecule has 0 atom stereocenters. The Morgan fingerprint density at radius 2 is 1.29 bits per heavy atom. The van der Waals surface area contributed by atoms with Crippen LogP contribution in [0.1, 0.15) is 54.9 Å². The molecule has 0 unspecified atom stereocenters. The van der Waals surface area contributed by atoms with Gasteiger partial charge in [0.15, 0.2) is 0 Å². The molecule has 0 heterocycles. The van der Waals surface area contributed by atoms with Gasteiger partial charge in [-0.3, -0.25) is 0 Å². The third-order valence-corrected chi connectivity index (χ3v) is 5.74. The van der Waals surface area contributed by atoms with Crippen molar-refractivity contribution in [2.75, 3.05) is 0 Å². The average molecular weight is 363 g/mol. The van der Waals surface area contributed by atoms with E-state index in [-0.39, 0.29) is 0 Å². The van der Waals surface area contributed by atoms with Crippen molar-refractivity contribution in [2.45, 2.75) is 39.5 Å². The highest BCUT2D eigenvalue weighted by molar-refractivity contribution is 5.93. The molecule has 0 aromatic heterocycles. The van der Waals surface area contributed by atoms with Crippen molar-refractivity contribution in [3.8, 4) is 23.7 Å². The van der Waals surface area contributed by atoms with Crippen molar-refractivity contribution in [3.05, 3.63) is 82.9 Å². The predicted octanol–water partition coefficient (Wildman–Crippen LogP) is 6.73. The first-order chi connectivity index (χ1) is 13.7. The monoisotopic (exact) mass is 362 g/mol. The van der Waals surface area contributed by atoms with Crippen LogP contribution in [0.15, 0.2) is 60.7 Å². The number of hydrogen-bond acceptors (Lipinski definition) is 0. The second-order valence-corrected chi connectivity index (χ2v) is 8.05. The normalized spacial score (nSPS) is 18.6. The molecule has 1 aliphatic rings. The predicted molar refractivity (Wildman–Crippen MR) is 119 cm³/mol. The smallest absolute Gasteiger partial charge is 0.0328 e. The summed E-state index contributed by atoms with van der Waals surface area (Å²) in [4.78, 5) is 0. The molecule has 0 heteroatoms. The Morgan fingerprint density at radius 1 is 0.679 bits per heavy atom. The largest absolute Gasteiger partial charge is 0.0945 e. The standard InChI is InChI=1S/C28H26/c1-21-7-11-23(12-8-21)15-17-25-19-20-26(28-6-4-3-5-27(25)28)18-16-24-13-9-22(2)10-14-24/h3-8,11-12,19-20,22,24H,9-10,13-14H2,1-2H3. The van der Waals surface area contributed by atoms with E-state index >= 15 is 0 Å². The zero-order chi connectivity index (χ0) is 19.3. The first-order valence-corrected chi connectivity index (χ1v) is 10.3. The number of rotatable bonds is 0. The van der Waals surface area contributed by atoms with Gasteiger partial charge in [-0.25, -0.2) is 0 Å². The molecule has 0 aliphatic heterocycles. The van der Waals surface area contributed by atoms with Gasteiger partial charge in [-0.1, -0.05) is 72.6 Å². The van der Waals surface area contributed by atoms with E-state index < -0.39 is 0 Å². The van der Waals surface area contributed by atoms with E-state index in [1.54, 1.807) is 0 Å². The second-order valence-electron chi connectivity index (χ2n) is 8.05. The van der Waals surface area contributed by atoms with Crippen LogP contribution in [-0.4, -0.2) is 0 Å². The van der Waals surface area contributed by atoms with Gasteiger partial charge in [-0.15, -0.1) is 0 Å². The first-order valence-electron chi connectivity index (χ1n) is 10.3. The van der Waals surface area contributed by atoms with Gasteiger partial charge in [0.2, 0.25) is 0 Å². The zero-order valence-corrected chi connectivity index (χ0v) is 16.8. The fraction of sp³-hybridized carbons (Fsp3) is 0.286. The van der Waals surface area contributed by atoms with Crippen molar-refractivity contribution in [2.24, 2.45) is 11.8 Å². The van der Waals surface area contributed by atoms with Crippen LogP contribution in [0.4, 0.5) is 0 Å². The number of aryl methyl sites for hydroxylation is 1. The van der Waals surface area contributed by atoms with Gasteiger partial charge in [-0.2, -0.15) is 0 Å². The number of hydrogen-bond donors (Lipinski definition) is 0. The Hall–Kier alpha value is -2.96. The summed E-state index contributed by atoms with van der Waals surface area (Å²) in [5.41, 5.74) is 4.49. The summed E-state index contributed by atoms with van der Waals surface area (Å²) in [7, 11) is 0. The SMILES string of the molecule is Cc1ccc(C#Cc2ccc(C#CC3CCC(C)CC3)c3ccccc23)cc1. The molecule has 4 rings (SSSR count). The van der Waals surface area contributed by atoms with E-state index in [1.807, 2.05) is 0 Å². The molecule has 28 heavy (non-hydrogen) atoms. The summed E-state index contributed by atoms with van der Waals surface area (Å²) >= 11 is 0. The Labute approximate surface area is 169 Å². The topological polar surface area (TPSA) is 0 Å². The van der Waals surface area contributed by atoms with Gasteiger partial charge in [0.25, 0.3) is 0 Å². The molecule has 1 aliphatic carbocycles. The third kappa shape index (κ3) is 4.30. The fourth-order valence-electron chi connectivity index (χ4n) is 3.88. The molecule has 0 saturated heterocycles. The molecule has 1 fully saturated rings. The zero-order valence-electron chi connectivity index (χ0n) is 16.8. The Morgan fingerprint density at radius 3 is 1.93 bits per heavy atom. The Balaban J connectivity index is 1.65. The maximum absolute atomic E-state index is 3.55. The number of benzene rings is 3. The van der Waals surface area contributed by atoms with Crippen LogP contribution in [-0.2, 0) is 0 Å². The molecule has 0 amide bonds. The molecule has 3 aromatic carbocycles. The molecule has 1 saturated carbocycles. The highest BCUT2D eigenvalue weighted by Crippen LogP contribution is 2.28. The Kier molecular flexibility index (Phi) is 5.50. The average Bonchev–Trinajstić information content (AvgIpc) is 2.73. The van der Waals surface area contributed by atoms with Gasteiger partial charge in [-0.05, 0) is 73.6 Å². The van der Waals surface area contributed by atoms with Crippen molar-refractivity contribution in [1.82, 2.24) is 0 Å². The lowest BCUT2D eigenvalue weighted by Crippen LogP contribution is -2.10.